The van der Waals surface area contributed by atoms with Crippen LogP contribution in [0, 0.1) is 0 Å². The van der Waals surface area contributed by atoms with E-state index in [-0.39, 0.29) is 5.63 Å². The molecule has 0 bridgehead atoms. The third-order valence-electron chi connectivity index (χ3n) is 5.63. The van der Waals surface area contributed by atoms with Gasteiger partial charge < -0.3 is 23.7 Å². The Kier molecular flexibility index (Phi) is 6.02. The van der Waals surface area contributed by atoms with Crippen LogP contribution in [0.4, 0.5) is 0 Å². The van der Waals surface area contributed by atoms with Crippen LogP contribution in [0.25, 0.3) is 21.7 Å². The lowest BCUT2D eigenvalue weighted by Gasteiger charge is -2.32. The summed E-state index contributed by atoms with van der Waals surface area (Å²) >= 11 is 0. The van der Waals surface area contributed by atoms with E-state index in [1.165, 1.54) is 0 Å². The summed E-state index contributed by atoms with van der Waals surface area (Å²) in [4.78, 5) is 17.3. The van der Waals surface area contributed by atoms with Gasteiger partial charge in [0.05, 0.1) is 19.1 Å². The smallest absolute Gasteiger partial charge is 0.344 e. The molecule has 2 heterocycles. The van der Waals surface area contributed by atoms with Gasteiger partial charge in [-0.3, -0.25) is 0 Å². The molecule has 154 valence electrons. The molecule has 0 saturated carbocycles. The fraction of sp³-hybridized carbons (Fsp3) is 0.435. The first-order valence-corrected chi connectivity index (χ1v) is 10.2. The first kappa shape index (κ1) is 19.7. The SMILES string of the molecule is COc1ccc2c(c1)c(=O)oc1cc(OCCCCN3CCN(C)CC3)ccc12. The van der Waals surface area contributed by atoms with E-state index < -0.39 is 0 Å². The second-order valence-electron chi connectivity index (χ2n) is 7.66. The second kappa shape index (κ2) is 8.84. The molecule has 1 aromatic heterocycles. The molecule has 0 spiro atoms. The zero-order valence-corrected chi connectivity index (χ0v) is 17.1. The largest absolute Gasteiger partial charge is 0.497 e. The number of hydrogen-bond acceptors (Lipinski definition) is 6. The van der Waals surface area contributed by atoms with Crippen molar-refractivity contribution in [3.63, 3.8) is 0 Å². The van der Waals surface area contributed by atoms with E-state index in [9.17, 15) is 4.79 Å². The molecule has 1 aliphatic rings. The summed E-state index contributed by atoms with van der Waals surface area (Å²) < 4.78 is 16.6. The number of piperazine rings is 1. The third kappa shape index (κ3) is 4.54. The molecule has 6 heteroatoms. The van der Waals surface area contributed by atoms with Gasteiger partial charge in [-0.05, 0) is 56.8 Å². The van der Waals surface area contributed by atoms with Gasteiger partial charge in [0, 0.05) is 43.0 Å². The van der Waals surface area contributed by atoms with Gasteiger partial charge in [0.1, 0.15) is 17.1 Å². The number of methoxy groups -OCH3 is 1. The fourth-order valence-electron chi connectivity index (χ4n) is 3.81. The van der Waals surface area contributed by atoms with Crippen molar-refractivity contribution in [1.82, 2.24) is 9.80 Å². The van der Waals surface area contributed by atoms with Crippen LogP contribution in [0.5, 0.6) is 11.5 Å². The number of likely N-dealkylation sites (N-methyl/N-ethyl adjacent to an activating group) is 1. The predicted molar refractivity (Wildman–Crippen MR) is 115 cm³/mol. The summed E-state index contributed by atoms with van der Waals surface area (Å²) in [7, 11) is 3.76. The van der Waals surface area contributed by atoms with Crippen LogP contribution in [0.1, 0.15) is 12.8 Å². The standard InChI is InChI=1S/C23H28N2O4/c1-24-10-12-25(13-11-24)9-3-4-14-28-18-6-8-20-19-7-5-17(27-2)15-21(19)23(26)29-22(20)16-18/h5-8,15-16H,3-4,9-14H2,1-2H3. The van der Waals surface area contributed by atoms with Gasteiger partial charge in [-0.1, -0.05) is 0 Å². The molecule has 1 aliphatic heterocycles. The molecular formula is C23H28N2O4. The summed E-state index contributed by atoms with van der Waals surface area (Å²) in [5.41, 5.74) is 0.179. The van der Waals surface area contributed by atoms with Gasteiger partial charge >= 0.3 is 5.63 Å². The number of rotatable bonds is 7. The van der Waals surface area contributed by atoms with Gasteiger partial charge in [0.25, 0.3) is 0 Å². The van der Waals surface area contributed by atoms with E-state index in [2.05, 4.69) is 16.8 Å². The van der Waals surface area contributed by atoms with E-state index in [1.54, 1.807) is 19.2 Å². The third-order valence-corrected chi connectivity index (χ3v) is 5.63. The number of nitrogens with zero attached hydrogens (tertiary/aromatic N) is 2. The lowest BCUT2D eigenvalue weighted by Crippen LogP contribution is -2.44. The Balaban J connectivity index is 1.37. The first-order chi connectivity index (χ1) is 14.1. The van der Waals surface area contributed by atoms with Gasteiger partial charge in [-0.2, -0.15) is 0 Å². The average Bonchev–Trinajstić information content (AvgIpc) is 2.74. The van der Waals surface area contributed by atoms with Crippen LogP contribution in [0.3, 0.4) is 0 Å². The zero-order valence-electron chi connectivity index (χ0n) is 17.1. The van der Waals surface area contributed by atoms with Gasteiger partial charge in [0.2, 0.25) is 0 Å². The van der Waals surface area contributed by atoms with E-state index in [0.29, 0.717) is 23.3 Å². The molecule has 1 fully saturated rings. The molecule has 0 radical (unpaired) electrons. The highest BCUT2D eigenvalue weighted by atomic mass is 16.5. The van der Waals surface area contributed by atoms with E-state index in [4.69, 9.17) is 13.9 Å². The Morgan fingerprint density at radius 3 is 2.48 bits per heavy atom. The van der Waals surface area contributed by atoms with Crippen LogP contribution < -0.4 is 15.1 Å². The Labute approximate surface area is 170 Å². The lowest BCUT2D eigenvalue weighted by atomic mass is 10.1. The molecule has 0 N–H and O–H groups in total. The van der Waals surface area contributed by atoms with Crippen molar-refractivity contribution in [2.24, 2.45) is 0 Å². The number of benzene rings is 2. The van der Waals surface area contributed by atoms with E-state index in [1.807, 2.05) is 24.3 Å². The van der Waals surface area contributed by atoms with Gasteiger partial charge in [0.15, 0.2) is 0 Å². The second-order valence-corrected chi connectivity index (χ2v) is 7.66. The van der Waals surface area contributed by atoms with Crippen molar-refractivity contribution in [2.75, 3.05) is 53.5 Å². The quantitative estimate of drug-likeness (QED) is 0.347. The monoisotopic (exact) mass is 396 g/mol. The van der Waals surface area contributed by atoms with Crippen molar-refractivity contribution in [2.45, 2.75) is 12.8 Å². The zero-order chi connectivity index (χ0) is 20.2. The topological polar surface area (TPSA) is 55.2 Å². The van der Waals surface area contributed by atoms with Crippen LogP contribution >= 0.6 is 0 Å². The van der Waals surface area contributed by atoms with Crippen LogP contribution in [0.2, 0.25) is 0 Å². The highest BCUT2D eigenvalue weighted by Crippen LogP contribution is 2.28. The van der Waals surface area contributed by atoms with Crippen molar-refractivity contribution >= 4 is 21.7 Å². The molecule has 6 nitrogen and oxygen atoms in total. The summed E-state index contributed by atoms with van der Waals surface area (Å²) in [6.45, 7) is 6.40. The maximum Gasteiger partial charge on any atom is 0.344 e. The Morgan fingerprint density at radius 1 is 0.931 bits per heavy atom. The Hall–Kier alpha value is -2.57. The first-order valence-electron chi connectivity index (χ1n) is 10.2. The highest BCUT2D eigenvalue weighted by Gasteiger charge is 2.13. The van der Waals surface area contributed by atoms with Crippen molar-refractivity contribution in [1.29, 1.82) is 0 Å². The van der Waals surface area contributed by atoms with Crippen molar-refractivity contribution < 1.29 is 13.9 Å². The van der Waals surface area contributed by atoms with Crippen LogP contribution in [-0.4, -0.2) is 63.3 Å². The molecule has 0 atom stereocenters. The normalized spacial score (nSPS) is 15.8. The van der Waals surface area contributed by atoms with E-state index >= 15 is 0 Å². The molecule has 0 unspecified atom stereocenters. The van der Waals surface area contributed by atoms with Crippen molar-refractivity contribution in [3.8, 4) is 11.5 Å². The number of ether oxygens (including phenoxy) is 2. The van der Waals surface area contributed by atoms with Crippen LogP contribution in [0.15, 0.2) is 45.6 Å². The molecular weight excluding hydrogens is 368 g/mol. The molecule has 0 aliphatic carbocycles. The number of unbranched alkanes of at least 4 members (excludes halogenated alkanes) is 1. The number of hydrogen-bond donors (Lipinski definition) is 0. The minimum atomic E-state index is -0.365. The van der Waals surface area contributed by atoms with Crippen molar-refractivity contribution in [3.05, 3.63) is 46.8 Å². The molecule has 4 rings (SSSR count). The molecule has 29 heavy (non-hydrogen) atoms. The molecule has 0 amide bonds. The molecule has 1 saturated heterocycles. The summed E-state index contributed by atoms with van der Waals surface area (Å²) in [5, 5.41) is 2.27. The maximum atomic E-state index is 12.4. The summed E-state index contributed by atoms with van der Waals surface area (Å²) in [6, 6.07) is 11.2. The maximum absolute atomic E-state index is 12.4. The summed E-state index contributed by atoms with van der Waals surface area (Å²) in [5.74, 6) is 1.37. The number of fused-ring (bicyclic) bond motifs is 3. The lowest BCUT2D eigenvalue weighted by molar-refractivity contribution is 0.150. The Bertz CT molecular complexity index is 1040. The minimum absolute atomic E-state index is 0.365. The highest BCUT2D eigenvalue weighted by molar-refractivity contribution is 6.04. The van der Waals surface area contributed by atoms with E-state index in [0.717, 1.165) is 62.1 Å². The predicted octanol–water partition coefficient (Wildman–Crippen LogP) is 3.36. The molecule has 2 aromatic carbocycles. The molecule has 3 aromatic rings. The van der Waals surface area contributed by atoms with Gasteiger partial charge in [-0.25, -0.2) is 4.79 Å². The minimum Gasteiger partial charge on any atom is -0.497 e. The van der Waals surface area contributed by atoms with Gasteiger partial charge in [-0.15, -0.1) is 0 Å². The average molecular weight is 396 g/mol. The Morgan fingerprint density at radius 2 is 1.69 bits per heavy atom. The fourth-order valence-corrected chi connectivity index (χ4v) is 3.81. The van der Waals surface area contributed by atoms with Crippen LogP contribution in [-0.2, 0) is 0 Å². The summed E-state index contributed by atoms with van der Waals surface area (Å²) in [6.07, 6.45) is 2.13.